The Hall–Kier alpha value is -3.91. The molecule has 0 fully saturated rings. The summed E-state index contributed by atoms with van der Waals surface area (Å²) in [6.45, 7) is 0. The van der Waals surface area contributed by atoms with Crippen molar-refractivity contribution in [1.82, 2.24) is 0 Å². The Kier molecular flexibility index (Phi) is 3.72. The summed E-state index contributed by atoms with van der Waals surface area (Å²) in [4.78, 5) is 0. The van der Waals surface area contributed by atoms with Gasteiger partial charge in [-0.05, 0) is 41.1 Å². The monoisotopic (exact) mass is 387 g/mol. The van der Waals surface area contributed by atoms with E-state index in [4.69, 9.17) is 9.15 Å². The fraction of sp³-hybridized carbons (Fsp3) is 0.0357. The summed E-state index contributed by atoms with van der Waals surface area (Å²) >= 11 is 0. The zero-order valence-corrected chi connectivity index (χ0v) is 16.6. The second-order valence-corrected chi connectivity index (χ2v) is 7.50. The third-order valence-electron chi connectivity index (χ3n) is 5.88. The van der Waals surface area contributed by atoms with Crippen LogP contribution in [0.25, 0.3) is 54.6 Å². The first-order valence-electron chi connectivity index (χ1n) is 10.1. The van der Waals surface area contributed by atoms with E-state index in [1.54, 1.807) is 7.11 Å². The van der Waals surface area contributed by atoms with Gasteiger partial charge in [-0.25, -0.2) is 4.42 Å². The van der Waals surface area contributed by atoms with Crippen molar-refractivity contribution in [2.24, 2.45) is 0 Å². The van der Waals surface area contributed by atoms with Gasteiger partial charge in [0.1, 0.15) is 5.75 Å². The van der Waals surface area contributed by atoms with E-state index in [9.17, 15) is 0 Å². The molecule has 0 spiro atoms. The maximum atomic E-state index is 6.67. The molecule has 142 valence electrons. The van der Waals surface area contributed by atoms with Crippen LogP contribution in [-0.2, 0) is 0 Å². The third kappa shape index (κ3) is 2.40. The third-order valence-corrected chi connectivity index (χ3v) is 5.88. The van der Waals surface area contributed by atoms with Gasteiger partial charge in [0, 0.05) is 11.1 Å². The smallest absolute Gasteiger partial charge is 0.369 e. The maximum absolute atomic E-state index is 6.67. The van der Waals surface area contributed by atoms with E-state index < -0.39 is 0 Å². The van der Waals surface area contributed by atoms with Gasteiger partial charge in [0.15, 0.2) is 0 Å². The summed E-state index contributed by atoms with van der Waals surface area (Å²) < 4.78 is 12.4. The Morgan fingerprint density at radius 3 is 1.67 bits per heavy atom. The second-order valence-electron chi connectivity index (χ2n) is 7.50. The van der Waals surface area contributed by atoms with Crippen molar-refractivity contribution in [1.29, 1.82) is 0 Å². The number of hydrogen-bond acceptors (Lipinski definition) is 1. The molecule has 2 nitrogen and oxygen atoms in total. The molecule has 6 rings (SSSR count). The van der Waals surface area contributed by atoms with Crippen molar-refractivity contribution in [3.05, 3.63) is 97.1 Å². The van der Waals surface area contributed by atoms with Gasteiger partial charge in [-0.15, -0.1) is 0 Å². The number of fused-ring (bicyclic) bond motifs is 6. The molecule has 1 aromatic heterocycles. The number of benzene rings is 5. The molecule has 0 atom stereocenters. The van der Waals surface area contributed by atoms with E-state index in [-0.39, 0.29) is 0 Å². The van der Waals surface area contributed by atoms with Crippen LogP contribution < -0.4 is 4.74 Å². The highest BCUT2D eigenvalue weighted by Gasteiger charge is 2.25. The van der Waals surface area contributed by atoms with Crippen molar-refractivity contribution in [3.8, 4) is 16.9 Å². The summed E-state index contributed by atoms with van der Waals surface area (Å²) in [5.41, 5.74) is 4.01. The SMILES string of the molecule is COc1ccccc1-c1c2ccc3ccccc3c2[o+]c2c1ccc1ccccc12. The Balaban J connectivity index is 1.91. The zero-order valence-electron chi connectivity index (χ0n) is 16.6. The number of methoxy groups -OCH3 is 1. The molecule has 0 amide bonds. The predicted molar refractivity (Wildman–Crippen MR) is 125 cm³/mol. The highest BCUT2D eigenvalue weighted by Crippen LogP contribution is 2.43. The molecular weight excluding hydrogens is 368 g/mol. The molecule has 5 aromatic carbocycles. The minimum Gasteiger partial charge on any atom is -0.496 e. The average Bonchev–Trinajstić information content (AvgIpc) is 2.82. The van der Waals surface area contributed by atoms with Gasteiger partial charge in [0.25, 0.3) is 0 Å². The van der Waals surface area contributed by atoms with E-state index in [0.717, 1.165) is 49.6 Å². The molecule has 0 N–H and O–H groups in total. The molecule has 0 saturated carbocycles. The fourth-order valence-electron chi connectivity index (χ4n) is 4.49. The van der Waals surface area contributed by atoms with Crippen LogP contribution in [0.3, 0.4) is 0 Å². The average molecular weight is 387 g/mol. The number of hydrogen-bond donors (Lipinski definition) is 0. The topological polar surface area (TPSA) is 20.5 Å². The van der Waals surface area contributed by atoms with Gasteiger partial charge in [-0.1, -0.05) is 66.7 Å². The standard InChI is InChI=1S/C28H19O2/c1-29-25-13-7-6-12-22(25)26-23-16-14-18-8-2-4-10-20(18)27(23)30-28-21-11-5-3-9-19(21)15-17-24(26)28/h2-17H,1H3/q+1. The van der Waals surface area contributed by atoms with Crippen molar-refractivity contribution in [2.45, 2.75) is 0 Å². The van der Waals surface area contributed by atoms with Crippen molar-refractivity contribution >= 4 is 43.5 Å². The van der Waals surface area contributed by atoms with Gasteiger partial charge in [0.05, 0.1) is 28.7 Å². The van der Waals surface area contributed by atoms with E-state index in [1.165, 1.54) is 10.8 Å². The Labute approximate surface area is 173 Å². The number of para-hydroxylation sites is 1. The zero-order chi connectivity index (χ0) is 20.1. The van der Waals surface area contributed by atoms with Crippen LogP contribution in [0.2, 0.25) is 0 Å². The molecule has 0 saturated heterocycles. The predicted octanol–water partition coefficient (Wildman–Crippen LogP) is 7.85. The summed E-state index contributed by atoms with van der Waals surface area (Å²) in [5.74, 6) is 0.854. The summed E-state index contributed by atoms with van der Waals surface area (Å²) in [6, 6.07) is 33.6. The summed E-state index contributed by atoms with van der Waals surface area (Å²) in [6.07, 6.45) is 0. The Bertz CT molecular complexity index is 1490. The van der Waals surface area contributed by atoms with E-state index >= 15 is 0 Å². The molecule has 0 unspecified atom stereocenters. The summed E-state index contributed by atoms with van der Waals surface area (Å²) in [5, 5.41) is 6.72. The van der Waals surface area contributed by atoms with Gasteiger partial charge < -0.3 is 4.74 Å². The largest absolute Gasteiger partial charge is 0.496 e. The molecule has 0 bridgehead atoms. The lowest BCUT2D eigenvalue weighted by atomic mass is 9.93. The molecule has 0 radical (unpaired) electrons. The molecule has 1 heterocycles. The first-order chi connectivity index (χ1) is 14.8. The first-order valence-corrected chi connectivity index (χ1v) is 10.1. The summed E-state index contributed by atoms with van der Waals surface area (Å²) in [7, 11) is 1.72. The van der Waals surface area contributed by atoms with Crippen LogP contribution in [0, 0.1) is 0 Å². The quantitative estimate of drug-likeness (QED) is 0.171. The lowest BCUT2D eigenvalue weighted by Crippen LogP contribution is -1.91. The minimum absolute atomic E-state index is 0.854. The molecule has 0 aliphatic rings. The van der Waals surface area contributed by atoms with Gasteiger partial charge in [-0.3, -0.25) is 0 Å². The number of ether oxygens (including phenoxy) is 1. The van der Waals surface area contributed by atoms with Gasteiger partial charge in [-0.2, -0.15) is 0 Å². The van der Waals surface area contributed by atoms with E-state index in [2.05, 4.69) is 84.9 Å². The fourth-order valence-corrected chi connectivity index (χ4v) is 4.49. The Morgan fingerprint density at radius 1 is 0.533 bits per heavy atom. The van der Waals surface area contributed by atoms with Crippen molar-refractivity contribution < 1.29 is 9.15 Å². The van der Waals surface area contributed by atoms with Gasteiger partial charge in [0.2, 0.25) is 0 Å². The van der Waals surface area contributed by atoms with Crippen LogP contribution in [0.1, 0.15) is 0 Å². The van der Waals surface area contributed by atoms with Crippen LogP contribution in [-0.4, -0.2) is 7.11 Å². The van der Waals surface area contributed by atoms with E-state index in [0.29, 0.717) is 0 Å². The van der Waals surface area contributed by atoms with Crippen LogP contribution in [0.5, 0.6) is 5.75 Å². The van der Waals surface area contributed by atoms with E-state index in [1.807, 2.05) is 12.1 Å². The molecular formula is C28H19O2+. The highest BCUT2D eigenvalue weighted by atomic mass is 16.5. The lowest BCUT2D eigenvalue weighted by Gasteiger charge is -2.11. The normalized spacial score (nSPS) is 11.5. The van der Waals surface area contributed by atoms with Crippen LogP contribution in [0.4, 0.5) is 0 Å². The van der Waals surface area contributed by atoms with Gasteiger partial charge >= 0.3 is 11.2 Å². The Morgan fingerprint density at radius 2 is 1.07 bits per heavy atom. The first kappa shape index (κ1) is 17.0. The molecule has 0 aliphatic heterocycles. The van der Waals surface area contributed by atoms with Crippen LogP contribution >= 0.6 is 0 Å². The van der Waals surface area contributed by atoms with Crippen molar-refractivity contribution in [3.63, 3.8) is 0 Å². The molecule has 2 heteroatoms. The maximum Gasteiger partial charge on any atom is 0.369 e. The minimum atomic E-state index is 0.854. The second kappa shape index (κ2) is 6.57. The highest BCUT2D eigenvalue weighted by molar-refractivity contribution is 6.19. The molecule has 30 heavy (non-hydrogen) atoms. The molecule has 0 aliphatic carbocycles. The molecule has 6 aromatic rings. The van der Waals surface area contributed by atoms with Crippen molar-refractivity contribution in [2.75, 3.05) is 7.11 Å². The van der Waals surface area contributed by atoms with Crippen LogP contribution in [0.15, 0.2) is 101 Å². The number of rotatable bonds is 2. The lowest BCUT2D eigenvalue weighted by molar-refractivity contribution is 0.416.